The average Bonchev–Trinajstić information content (AvgIpc) is 2.26. The summed E-state index contributed by atoms with van der Waals surface area (Å²) in [6, 6.07) is 5.35. The Morgan fingerprint density at radius 2 is 2.33 bits per heavy atom. The fourth-order valence-corrected chi connectivity index (χ4v) is 1.27. The Labute approximate surface area is 90.4 Å². The Hall–Kier alpha value is -1.48. The highest BCUT2D eigenvalue weighted by Gasteiger charge is 2.01. The van der Waals surface area contributed by atoms with Gasteiger partial charge in [-0.15, -0.1) is 6.58 Å². The molecule has 82 valence electrons. The molecular weight excluding hydrogens is 190 g/mol. The van der Waals surface area contributed by atoms with E-state index in [-0.39, 0.29) is 5.75 Å². The van der Waals surface area contributed by atoms with E-state index in [4.69, 9.17) is 4.74 Å². The predicted molar refractivity (Wildman–Crippen MR) is 61.2 cm³/mol. The highest BCUT2D eigenvalue weighted by atomic mass is 16.5. The molecule has 15 heavy (non-hydrogen) atoms. The van der Waals surface area contributed by atoms with Gasteiger partial charge in [-0.25, -0.2) is 0 Å². The van der Waals surface area contributed by atoms with Crippen LogP contribution < -0.4 is 10.1 Å². The van der Waals surface area contributed by atoms with E-state index in [0.29, 0.717) is 5.75 Å². The number of hydrogen-bond acceptors (Lipinski definition) is 3. The monoisotopic (exact) mass is 207 g/mol. The molecule has 0 heterocycles. The molecule has 0 amide bonds. The predicted octanol–water partition coefficient (Wildman–Crippen LogP) is 2.07. The third-order valence-electron chi connectivity index (χ3n) is 2.10. The van der Waals surface area contributed by atoms with Gasteiger partial charge in [-0.3, -0.25) is 0 Å². The Morgan fingerprint density at radius 1 is 1.53 bits per heavy atom. The molecule has 0 aromatic heterocycles. The molecule has 0 aliphatic heterocycles. The van der Waals surface area contributed by atoms with Crippen LogP contribution in [0.25, 0.3) is 0 Å². The fraction of sp³-hybridized carbons (Fsp3) is 0.333. The lowest BCUT2D eigenvalue weighted by Crippen LogP contribution is -2.13. The van der Waals surface area contributed by atoms with Crippen molar-refractivity contribution in [3.63, 3.8) is 0 Å². The van der Waals surface area contributed by atoms with Gasteiger partial charge in [-0.05, 0) is 30.7 Å². The minimum Gasteiger partial charge on any atom is -0.504 e. The van der Waals surface area contributed by atoms with Crippen LogP contribution in [0.3, 0.4) is 0 Å². The lowest BCUT2D eigenvalue weighted by atomic mass is 10.2. The van der Waals surface area contributed by atoms with Crippen molar-refractivity contribution in [3.05, 3.63) is 36.4 Å². The summed E-state index contributed by atoms with van der Waals surface area (Å²) in [6.07, 6.45) is 2.83. The highest BCUT2D eigenvalue weighted by Crippen LogP contribution is 2.25. The first kappa shape index (κ1) is 11.6. The van der Waals surface area contributed by atoms with Gasteiger partial charge >= 0.3 is 0 Å². The SMILES string of the molecule is C=CCCNCc1ccc(O)c(OC)c1. The van der Waals surface area contributed by atoms with Crippen molar-refractivity contribution in [2.45, 2.75) is 13.0 Å². The maximum absolute atomic E-state index is 9.39. The lowest BCUT2D eigenvalue weighted by Gasteiger charge is -2.07. The normalized spacial score (nSPS) is 9.93. The van der Waals surface area contributed by atoms with Crippen molar-refractivity contribution in [1.82, 2.24) is 5.32 Å². The smallest absolute Gasteiger partial charge is 0.160 e. The minimum absolute atomic E-state index is 0.173. The van der Waals surface area contributed by atoms with Crippen molar-refractivity contribution in [1.29, 1.82) is 0 Å². The zero-order valence-electron chi connectivity index (χ0n) is 8.99. The van der Waals surface area contributed by atoms with Crippen LogP contribution in [-0.4, -0.2) is 18.8 Å². The summed E-state index contributed by atoms with van der Waals surface area (Å²) in [4.78, 5) is 0. The third-order valence-corrected chi connectivity index (χ3v) is 2.10. The summed E-state index contributed by atoms with van der Waals surface area (Å²) >= 11 is 0. The summed E-state index contributed by atoms with van der Waals surface area (Å²) in [5.41, 5.74) is 1.09. The molecule has 0 aliphatic carbocycles. The van der Waals surface area contributed by atoms with Crippen LogP contribution in [0.5, 0.6) is 11.5 Å². The molecular formula is C12H17NO2. The van der Waals surface area contributed by atoms with Gasteiger partial charge in [0.2, 0.25) is 0 Å². The topological polar surface area (TPSA) is 41.5 Å². The van der Waals surface area contributed by atoms with Gasteiger partial charge in [0, 0.05) is 6.54 Å². The fourth-order valence-electron chi connectivity index (χ4n) is 1.27. The molecule has 0 saturated heterocycles. The molecule has 2 N–H and O–H groups in total. The van der Waals surface area contributed by atoms with E-state index < -0.39 is 0 Å². The largest absolute Gasteiger partial charge is 0.504 e. The van der Waals surface area contributed by atoms with E-state index in [9.17, 15) is 5.11 Å². The highest BCUT2D eigenvalue weighted by molar-refractivity contribution is 5.41. The summed E-state index contributed by atoms with van der Waals surface area (Å²) in [7, 11) is 1.55. The Balaban J connectivity index is 2.50. The molecule has 1 rings (SSSR count). The first-order valence-corrected chi connectivity index (χ1v) is 4.95. The maximum Gasteiger partial charge on any atom is 0.160 e. The van der Waals surface area contributed by atoms with Gasteiger partial charge < -0.3 is 15.2 Å². The Kier molecular flexibility index (Phi) is 4.71. The lowest BCUT2D eigenvalue weighted by molar-refractivity contribution is 0.373. The summed E-state index contributed by atoms with van der Waals surface area (Å²) in [5, 5.41) is 12.7. The third kappa shape index (κ3) is 3.64. The Morgan fingerprint density at radius 3 is 3.00 bits per heavy atom. The van der Waals surface area contributed by atoms with E-state index >= 15 is 0 Å². The number of benzene rings is 1. The van der Waals surface area contributed by atoms with Gasteiger partial charge in [0.1, 0.15) is 0 Å². The van der Waals surface area contributed by atoms with Crippen molar-refractivity contribution < 1.29 is 9.84 Å². The van der Waals surface area contributed by atoms with Crippen LogP contribution in [0.2, 0.25) is 0 Å². The number of phenols is 1. The number of rotatable bonds is 6. The first-order chi connectivity index (χ1) is 7.27. The zero-order chi connectivity index (χ0) is 11.1. The second-order valence-electron chi connectivity index (χ2n) is 3.26. The molecule has 3 heteroatoms. The van der Waals surface area contributed by atoms with E-state index in [1.807, 2.05) is 18.2 Å². The van der Waals surface area contributed by atoms with Crippen molar-refractivity contribution in [2.75, 3.05) is 13.7 Å². The van der Waals surface area contributed by atoms with Crippen LogP contribution in [0, 0.1) is 0 Å². The number of methoxy groups -OCH3 is 1. The molecule has 3 nitrogen and oxygen atoms in total. The molecule has 0 spiro atoms. The van der Waals surface area contributed by atoms with Crippen LogP contribution in [0.1, 0.15) is 12.0 Å². The van der Waals surface area contributed by atoms with Crippen LogP contribution in [0.4, 0.5) is 0 Å². The van der Waals surface area contributed by atoms with E-state index in [0.717, 1.165) is 25.1 Å². The minimum atomic E-state index is 0.173. The van der Waals surface area contributed by atoms with Gasteiger partial charge in [0.15, 0.2) is 11.5 Å². The summed E-state index contributed by atoms with van der Waals surface area (Å²) in [6.45, 7) is 5.33. The molecule has 0 radical (unpaired) electrons. The standard InChI is InChI=1S/C12H17NO2/c1-3-4-7-13-9-10-5-6-11(14)12(8-10)15-2/h3,5-6,8,13-14H,1,4,7,9H2,2H3. The molecule has 0 unspecified atom stereocenters. The summed E-state index contributed by atoms with van der Waals surface area (Å²) < 4.78 is 5.02. The number of hydrogen-bond donors (Lipinski definition) is 2. The van der Waals surface area contributed by atoms with Gasteiger partial charge in [0.25, 0.3) is 0 Å². The molecule has 0 saturated carbocycles. The molecule has 0 bridgehead atoms. The van der Waals surface area contributed by atoms with E-state index in [1.165, 1.54) is 0 Å². The zero-order valence-corrected chi connectivity index (χ0v) is 8.99. The molecule has 0 aliphatic rings. The van der Waals surface area contributed by atoms with Crippen molar-refractivity contribution >= 4 is 0 Å². The van der Waals surface area contributed by atoms with E-state index in [2.05, 4.69) is 11.9 Å². The second-order valence-corrected chi connectivity index (χ2v) is 3.26. The van der Waals surface area contributed by atoms with Gasteiger partial charge in [0.05, 0.1) is 7.11 Å². The maximum atomic E-state index is 9.39. The second kappa shape index (κ2) is 6.09. The number of ether oxygens (including phenoxy) is 1. The van der Waals surface area contributed by atoms with Crippen molar-refractivity contribution in [3.8, 4) is 11.5 Å². The molecule has 0 atom stereocenters. The van der Waals surface area contributed by atoms with Crippen LogP contribution in [0.15, 0.2) is 30.9 Å². The van der Waals surface area contributed by atoms with E-state index in [1.54, 1.807) is 13.2 Å². The molecule has 1 aromatic rings. The summed E-state index contributed by atoms with van der Waals surface area (Å²) in [5.74, 6) is 0.686. The van der Waals surface area contributed by atoms with Crippen LogP contribution >= 0.6 is 0 Å². The number of nitrogens with one attached hydrogen (secondary N) is 1. The van der Waals surface area contributed by atoms with Crippen molar-refractivity contribution in [2.24, 2.45) is 0 Å². The van der Waals surface area contributed by atoms with Crippen LogP contribution in [-0.2, 0) is 6.54 Å². The van der Waals surface area contributed by atoms with Gasteiger partial charge in [-0.1, -0.05) is 12.1 Å². The quantitative estimate of drug-likeness (QED) is 0.554. The number of phenolic OH excluding ortho intramolecular Hbond substituents is 1. The average molecular weight is 207 g/mol. The molecule has 0 fully saturated rings. The first-order valence-electron chi connectivity index (χ1n) is 4.95. The van der Waals surface area contributed by atoms with Gasteiger partial charge in [-0.2, -0.15) is 0 Å². The number of aromatic hydroxyl groups is 1. The Bertz CT molecular complexity index is 323. The molecule has 1 aromatic carbocycles.